The predicted octanol–water partition coefficient (Wildman–Crippen LogP) is 8.10. The van der Waals surface area contributed by atoms with Gasteiger partial charge in [-0.05, 0) is 72.0 Å². The Hall–Kier alpha value is -1.45. The van der Waals surface area contributed by atoms with Gasteiger partial charge in [0.25, 0.3) is 0 Å². The highest BCUT2D eigenvalue weighted by atomic mass is 31.2. The van der Waals surface area contributed by atoms with E-state index in [1.807, 2.05) is 24.3 Å². The quantitative estimate of drug-likeness (QED) is 0.321. The summed E-state index contributed by atoms with van der Waals surface area (Å²) in [5.74, 6) is 0.822. The SMILES string of the molecule is CC1(C)[C@H]2CC[C@]1(C)[C@@H](OP(=O)(O[C@@H]1C[C@@H]3CC[C@@]1(C)C3(C)C)[C@H]([NH2+]Cc1ccccc1)c1ccccc1)C2. The lowest BCUT2D eigenvalue weighted by molar-refractivity contribution is -0.693. The Morgan fingerprint density at radius 1 is 0.769 bits per heavy atom. The molecule has 2 aromatic carbocycles. The van der Waals surface area contributed by atoms with E-state index >= 15 is 4.57 Å². The van der Waals surface area contributed by atoms with Gasteiger partial charge >= 0.3 is 7.60 Å². The van der Waals surface area contributed by atoms with Crippen molar-refractivity contribution in [3.63, 3.8) is 0 Å². The van der Waals surface area contributed by atoms with Crippen molar-refractivity contribution < 1.29 is 18.9 Å². The fraction of sp³-hybridized carbons (Fsp3) is 0.647. The topological polar surface area (TPSA) is 52.1 Å². The first-order valence-electron chi connectivity index (χ1n) is 15.3. The zero-order chi connectivity index (χ0) is 27.7. The van der Waals surface area contributed by atoms with Crippen molar-refractivity contribution in [1.82, 2.24) is 0 Å². The first kappa shape index (κ1) is 27.7. The lowest BCUT2D eigenvalue weighted by Crippen LogP contribution is -2.83. The van der Waals surface area contributed by atoms with Gasteiger partial charge in [-0.25, -0.2) is 0 Å². The summed E-state index contributed by atoms with van der Waals surface area (Å²) in [5, 5.41) is 2.22. The first-order chi connectivity index (χ1) is 18.4. The van der Waals surface area contributed by atoms with Crippen LogP contribution in [0.3, 0.4) is 0 Å². The van der Waals surface area contributed by atoms with Crippen molar-refractivity contribution in [1.29, 1.82) is 0 Å². The third-order valence-electron chi connectivity index (χ3n) is 12.9. The van der Waals surface area contributed by atoms with E-state index in [0.717, 1.165) is 37.8 Å². The van der Waals surface area contributed by atoms with Crippen molar-refractivity contribution in [2.75, 3.05) is 0 Å². The maximum atomic E-state index is 15.6. The molecule has 2 N–H and O–H groups in total. The third-order valence-corrected chi connectivity index (χ3v) is 15.2. The fourth-order valence-corrected chi connectivity index (χ4v) is 11.6. The normalized spacial score (nSPS) is 38.1. The lowest BCUT2D eigenvalue weighted by Gasteiger charge is -2.43. The number of hydrogen-bond donors (Lipinski definition) is 1. The summed E-state index contributed by atoms with van der Waals surface area (Å²) in [7, 11) is -3.60. The monoisotopic (exact) mass is 550 g/mol. The van der Waals surface area contributed by atoms with Crippen molar-refractivity contribution in [3.8, 4) is 0 Å². The zero-order valence-corrected chi connectivity index (χ0v) is 25.8. The van der Waals surface area contributed by atoms with Gasteiger partial charge in [0.2, 0.25) is 5.78 Å². The number of hydrogen-bond acceptors (Lipinski definition) is 3. The molecule has 4 bridgehead atoms. The minimum atomic E-state index is -3.60. The smallest absolute Gasteiger partial charge is 0.326 e. The summed E-state index contributed by atoms with van der Waals surface area (Å²) in [6.45, 7) is 15.1. The van der Waals surface area contributed by atoms with Gasteiger partial charge < -0.3 is 14.4 Å². The molecule has 6 rings (SSSR count). The van der Waals surface area contributed by atoms with Crippen molar-refractivity contribution in [2.24, 2.45) is 33.5 Å². The van der Waals surface area contributed by atoms with Gasteiger partial charge in [0, 0.05) is 11.1 Å². The second-order valence-electron chi connectivity index (χ2n) is 14.7. The molecule has 0 amide bonds. The second kappa shape index (κ2) is 9.55. The summed E-state index contributed by atoms with van der Waals surface area (Å²) < 4.78 is 29.8. The Morgan fingerprint density at radius 2 is 1.23 bits per heavy atom. The highest BCUT2D eigenvalue weighted by Gasteiger charge is 2.66. The molecule has 0 aromatic heterocycles. The summed E-state index contributed by atoms with van der Waals surface area (Å²) in [4.78, 5) is 0. The molecule has 0 heterocycles. The van der Waals surface area contributed by atoms with Crippen LogP contribution in [0.2, 0.25) is 0 Å². The number of fused-ring (bicyclic) bond motifs is 4. The van der Waals surface area contributed by atoms with Crippen LogP contribution >= 0.6 is 7.60 Å². The molecule has 4 fully saturated rings. The fourth-order valence-electron chi connectivity index (χ4n) is 9.05. The standard InChI is InChI=1S/C34H48NO3P/c1-31(2)26-17-19-33(31,5)28(21-26)37-39(36,38-29-22-27-18-20-34(29,6)32(27,3)4)30(25-15-11-8-12-16-25)35-23-24-13-9-7-10-14-24/h7-16,26-30,35H,17-23H2,1-6H3/p+1/t26-,27-,28-,29+,30-,33+,34+,39?/m0/s1. The van der Waals surface area contributed by atoms with E-state index in [4.69, 9.17) is 9.05 Å². The van der Waals surface area contributed by atoms with Crippen LogP contribution in [0.15, 0.2) is 60.7 Å². The van der Waals surface area contributed by atoms with E-state index in [1.54, 1.807) is 0 Å². The van der Waals surface area contributed by atoms with Crippen LogP contribution in [-0.4, -0.2) is 12.2 Å². The van der Waals surface area contributed by atoms with Crippen molar-refractivity contribution in [2.45, 2.75) is 105 Å². The molecule has 0 radical (unpaired) electrons. The van der Waals surface area contributed by atoms with Crippen LogP contribution < -0.4 is 5.32 Å². The summed E-state index contributed by atoms with van der Waals surface area (Å²) in [6.07, 6.45) is 6.62. The zero-order valence-electron chi connectivity index (χ0n) is 24.9. The molecule has 5 heteroatoms. The van der Waals surface area contributed by atoms with E-state index in [-0.39, 0.29) is 33.9 Å². The minimum absolute atomic E-state index is 0.00914. The Bertz CT molecular complexity index is 1180. The third kappa shape index (κ3) is 4.23. The van der Waals surface area contributed by atoms with Crippen LogP contribution in [0.5, 0.6) is 0 Å². The van der Waals surface area contributed by atoms with Crippen molar-refractivity contribution in [3.05, 3.63) is 71.8 Å². The largest absolute Gasteiger partial charge is 0.392 e. The molecule has 212 valence electrons. The summed E-state index contributed by atoms with van der Waals surface area (Å²) >= 11 is 0. The highest BCUT2D eigenvalue weighted by molar-refractivity contribution is 7.54. The van der Waals surface area contributed by atoms with Gasteiger partial charge in [-0.3, -0.25) is 4.57 Å². The minimum Gasteiger partial charge on any atom is -0.326 e. The van der Waals surface area contributed by atoms with Crippen LogP contribution in [0.1, 0.15) is 97.0 Å². The Morgan fingerprint density at radius 3 is 1.64 bits per heavy atom. The van der Waals surface area contributed by atoms with Crippen LogP contribution in [0, 0.1) is 33.5 Å². The maximum Gasteiger partial charge on any atom is 0.392 e. The van der Waals surface area contributed by atoms with Crippen LogP contribution in [-0.2, 0) is 20.2 Å². The summed E-state index contributed by atoms with van der Waals surface area (Å²) in [6, 6.07) is 20.8. The van der Waals surface area contributed by atoms with Gasteiger partial charge in [0.05, 0.1) is 12.2 Å². The van der Waals surface area contributed by atoms with E-state index in [2.05, 4.69) is 83.3 Å². The molecule has 4 aliphatic rings. The van der Waals surface area contributed by atoms with E-state index in [0.29, 0.717) is 11.8 Å². The van der Waals surface area contributed by atoms with E-state index < -0.39 is 13.4 Å². The molecule has 2 aromatic rings. The number of rotatable bonds is 9. The average molecular weight is 551 g/mol. The molecule has 8 atom stereocenters. The number of nitrogens with two attached hydrogens (primary N) is 1. The van der Waals surface area contributed by atoms with Gasteiger partial charge in [-0.2, -0.15) is 0 Å². The highest BCUT2D eigenvalue weighted by Crippen LogP contribution is 2.74. The Balaban J connectivity index is 1.38. The second-order valence-corrected chi connectivity index (χ2v) is 16.8. The molecule has 39 heavy (non-hydrogen) atoms. The molecule has 1 unspecified atom stereocenters. The molecular formula is C34H49NO3P+. The molecule has 4 saturated carbocycles. The maximum absolute atomic E-state index is 15.6. The Labute approximate surface area is 236 Å². The predicted molar refractivity (Wildman–Crippen MR) is 157 cm³/mol. The van der Waals surface area contributed by atoms with Gasteiger partial charge in [0.1, 0.15) is 6.54 Å². The molecular weight excluding hydrogens is 501 g/mol. The van der Waals surface area contributed by atoms with Crippen LogP contribution in [0.4, 0.5) is 0 Å². The van der Waals surface area contributed by atoms with E-state index in [9.17, 15) is 0 Å². The lowest BCUT2D eigenvalue weighted by atomic mass is 9.70. The van der Waals surface area contributed by atoms with Crippen LogP contribution in [0.25, 0.3) is 0 Å². The molecule has 0 aliphatic heterocycles. The van der Waals surface area contributed by atoms with Gasteiger partial charge in [0.15, 0.2) is 0 Å². The Kier molecular flexibility index (Phi) is 6.78. The van der Waals surface area contributed by atoms with Gasteiger partial charge in [-0.15, -0.1) is 0 Å². The summed E-state index contributed by atoms with van der Waals surface area (Å²) in [5.41, 5.74) is 2.62. The molecule has 0 spiro atoms. The first-order valence-corrected chi connectivity index (χ1v) is 16.9. The molecule has 4 aliphatic carbocycles. The number of quaternary nitrogens is 1. The number of benzene rings is 2. The molecule has 0 saturated heterocycles. The van der Waals surface area contributed by atoms with E-state index in [1.165, 1.54) is 18.4 Å². The van der Waals surface area contributed by atoms with Gasteiger partial charge in [-0.1, -0.05) is 102 Å². The molecule has 4 nitrogen and oxygen atoms in total. The van der Waals surface area contributed by atoms with Crippen molar-refractivity contribution >= 4 is 7.60 Å². The average Bonchev–Trinajstić information content (AvgIpc) is 3.42.